The van der Waals surface area contributed by atoms with Crippen molar-refractivity contribution in [1.82, 2.24) is 9.80 Å². The SMILES string of the molecule is Cc1ccc(C(=O)N(CC(=O)N2CCc3sccc3[C@@H]2COc2ccc(F)cc2)C(C)(C)C)cc1. The summed E-state index contributed by atoms with van der Waals surface area (Å²) in [6.45, 7) is 8.58. The Labute approximate surface area is 210 Å². The van der Waals surface area contributed by atoms with Crippen molar-refractivity contribution in [3.8, 4) is 5.75 Å². The number of fused-ring (bicyclic) bond motifs is 1. The highest BCUT2D eigenvalue weighted by atomic mass is 32.1. The van der Waals surface area contributed by atoms with Gasteiger partial charge in [-0.15, -0.1) is 11.3 Å². The first-order chi connectivity index (χ1) is 16.6. The number of rotatable bonds is 6. The number of thiophene rings is 1. The summed E-state index contributed by atoms with van der Waals surface area (Å²) >= 11 is 1.68. The highest BCUT2D eigenvalue weighted by Gasteiger charge is 2.36. The lowest BCUT2D eigenvalue weighted by Crippen LogP contribution is -2.53. The minimum Gasteiger partial charge on any atom is -0.491 e. The van der Waals surface area contributed by atoms with Crippen LogP contribution < -0.4 is 4.74 Å². The Balaban J connectivity index is 1.55. The van der Waals surface area contributed by atoms with Crippen molar-refractivity contribution in [2.45, 2.75) is 45.7 Å². The molecule has 0 saturated heterocycles. The first kappa shape index (κ1) is 24.9. The second-order valence-corrected chi connectivity index (χ2v) is 10.8. The fourth-order valence-electron chi connectivity index (χ4n) is 4.27. The van der Waals surface area contributed by atoms with Crippen LogP contribution in [0.15, 0.2) is 60.0 Å². The zero-order valence-corrected chi connectivity index (χ0v) is 21.4. The first-order valence-electron chi connectivity index (χ1n) is 11.8. The van der Waals surface area contributed by atoms with E-state index >= 15 is 0 Å². The summed E-state index contributed by atoms with van der Waals surface area (Å²) in [5, 5.41) is 2.03. The zero-order valence-electron chi connectivity index (χ0n) is 20.6. The highest BCUT2D eigenvalue weighted by molar-refractivity contribution is 7.10. The molecule has 1 aliphatic heterocycles. The number of aryl methyl sites for hydroxylation is 1. The number of halogens is 1. The van der Waals surface area contributed by atoms with Crippen LogP contribution in [0, 0.1) is 12.7 Å². The predicted octanol–water partition coefficient (Wildman–Crippen LogP) is 5.64. The minimum absolute atomic E-state index is 0.0251. The Morgan fingerprint density at radius 3 is 2.43 bits per heavy atom. The number of ether oxygens (including phenoxy) is 1. The van der Waals surface area contributed by atoms with Crippen molar-refractivity contribution in [3.05, 3.63) is 87.4 Å². The van der Waals surface area contributed by atoms with Crippen LogP contribution >= 0.6 is 11.3 Å². The van der Waals surface area contributed by atoms with Gasteiger partial charge in [0.2, 0.25) is 5.91 Å². The van der Waals surface area contributed by atoms with Crippen molar-refractivity contribution in [2.75, 3.05) is 19.7 Å². The van der Waals surface area contributed by atoms with E-state index in [1.54, 1.807) is 40.5 Å². The molecule has 0 bridgehead atoms. The molecule has 7 heteroatoms. The van der Waals surface area contributed by atoms with Crippen molar-refractivity contribution in [3.63, 3.8) is 0 Å². The van der Waals surface area contributed by atoms with Crippen LogP contribution in [0.4, 0.5) is 4.39 Å². The maximum absolute atomic E-state index is 13.7. The van der Waals surface area contributed by atoms with Gasteiger partial charge in [-0.2, -0.15) is 0 Å². The molecule has 1 atom stereocenters. The third-order valence-electron chi connectivity index (χ3n) is 6.28. The van der Waals surface area contributed by atoms with Crippen molar-refractivity contribution in [2.24, 2.45) is 0 Å². The zero-order chi connectivity index (χ0) is 25.2. The topological polar surface area (TPSA) is 49.9 Å². The van der Waals surface area contributed by atoms with Crippen molar-refractivity contribution in [1.29, 1.82) is 0 Å². The Bertz CT molecular complexity index is 1180. The summed E-state index contributed by atoms with van der Waals surface area (Å²) < 4.78 is 19.3. The van der Waals surface area contributed by atoms with E-state index in [1.165, 1.54) is 17.0 Å². The predicted molar refractivity (Wildman–Crippen MR) is 136 cm³/mol. The molecule has 2 aromatic carbocycles. The molecule has 1 aliphatic rings. The second kappa shape index (κ2) is 10.2. The summed E-state index contributed by atoms with van der Waals surface area (Å²) in [5.41, 5.74) is 2.17. The minimum atomic E-state index is -0.541. The third-order valence-corrected chi connectivity index (χ3v) is 7.28. The van der Waals surface area contributed by atoms with Crippen molar-refractivity contribution >= 4 is 23.2 Å². The molecule has 3 aromatic rings. The van der Waals surface area contributed by atoms with Crippen LogP contribution in [0.2, 0.25) is 0 Å². The smallest absolute Gasteiger partial charge is 0.254 e. The molecule has 35 heavy (non-hydrogen) atoms. The van der Waals surface area contributed by atoms with Crippen LogP contribution in [-0.4, -0.2) is 46.8 Å². The van der Waals surface area contributed by atoms with Gasteiger partial charge in [0.1, 0.15) is 24.7 Å². The lowest BCUT2D eigenvalue weighted by molar-refractivity contribution is -0.136. The molecular weight excluding hydrogens is 463 g/mol. The van der Waals surface area contributed by atoms with Gasteiger partial charge in [0.05, 0.1) is 6.04 Å². The standard InChI is InChI=1S/C28H31FN2O3S/c1-19-5-7-20(8-6-19)27(33)31(28(2,3)4)17-26(32)30-15-13-25-23(14-16-35-25)24(30)18-34-22-11-9-21(29)10-12-22/h5-12,14,16,24H,13,15,17-18H2,1-4H3/t24-/m0/s1. The number of hydrogen-bond acceptors (Lipinski definition) is 4. The lowest BCUT2D eigenvalue weighted by Gasteiger charge is -2.40. The van der Waals surface area contributed by atoms with Crippen LogP contribution in [0.3, 0.4) is 0 Å². The number of carbonyl (C=O) groups is 2. The number of amides is 2. The van der Waals surface area contributed by atoms with E-state index in [9.17, 15) is 14.0 Å². The van der Waals surface area contributed by atoms with Gasteiger partial charge in [-0.1, -0.05) is 17.7 Å². The van der Waals surface area contributed by atoms with E-state index in [-0.39, 0.29) is 36.8 Å². The first-order valence-corrected chi connectivity index (χ1v) is 12.6. The number of hydrogen-bond donors (Lipinski definition) is 0. The molecule has 0 saturated carbocycles. The molecule has 0 fully saturated rings. The van der Waals surface area contributed by atoms with Gasteiger partial charge in [0, 0.05) is 22.5 Å². The second-order valence-electron chi connectivity index (χ2n) is 9.85. The molecule has 0 N–H and O–H groups in total. The summed E-state index contributed by atoms with van der Waals surface area (Å²) in [6.07, 6.45) is 0.771. The molecule has 1 aromatic heterocycles. The largest absolute Gasteiger partial charge is 0.491 e. The normalized spacial score (nSPS) is 15.5. The number of benzene rings is 2. The van der Waals surface area contributed by atoms with E-state index in [2.05, 4.69) is 0 Å². The number of carbonyl (C=O) groups excluding carboxylic acids is 2. The van der Waals surface area contributed by atoms with Crippen LogP contribution in [0.5, 0.6) is 5.75 Å². The molecule has 2 amide bonds. The van der Waals surface area contributed by atoms with Gasteiger partial charge < -0.3 is 14.5 Å². The van der Waals surface area contributed by atoms with Crippen LogP contribution in [0.25, 0.3) is 0 Å². The monoisotopic (exact) mass is 494 g/mol. The Kier molecular flexibility index (Phi) is 7.26. The highest BCUT2D eigenvalue weighted by Crippen LogP contribution is 2.34. The average molecular weight is 495 g/mol. The Morgan fingerprint density at radius 2 is 1.77 bits per heavy atom. The van der Waals surface area contributed by atoms with E-state index in [0.717, 1.165) is 17.5 Å². The molecular formula is C28H31FN2O3S. The van der Waals surface area contributed by atoms with E-state index in [1.807, 2.05) is 56.2 Å². The van der Waals surface area contributed by atoms with Gasteiger partial charge in [0.15, 0.2) is 0 Å². The van der Waals surface area contributed by atoms with Gasteiger partial charge in [-0.25, -0.2) is 4.39 Å². The lowest BCUT2D eigenvalue weighted by atomic mass is 9.99. The van der Waals surface area contributed by atoms with Gasteiger partial charge in [-0.3, -0.25) is 9.59 Å². The number of nitrogens with zero attached hydrogens (tertiary/aromatic N) is 2. The summed E-state index contributed by atoms with van der Waals surface area (Å²) in [7, 11) is 0. The van der Waals surface area contributed by atoms with Crippen LogP contribution in [0.1, 0.15) is 53.2 Å². The van der Waals surface area contributed by atoms with Gasteiger partial charge in [0.25, 0.3) is 5.91 Å². The third kappa shape index (κ3) is 5.73. The molecule has 5 nitrogen and oxygen atoms in total. The quantitative estimate of drug-likeness (QED) is 0.446. The Hall–Kier alpha value is -3.19. The summed E-state index contributed by atoms with van der Waals surface area (Å²) in [6, 6.07) is 15.1. The molecule has 0 aliphatic carbocycles. The molecule has 0 unspecified atom stereocenters. The summed E-state index contributed by atoms with van der Waals surface area (Å²) in [4.78, 5) is 31.8. The molecule has 4 rings (SSSR count). The fraction of sp³-hybridized carbons (Fsp3) is 0.357. The van der Waals surface area contributed by atoms with Crippen LogP contribution in [-0.2, 0) is 11.2 Å². The van der Waals surface area contributed by atoms with E-state index in [0.29, 0.717) is 17.9 Å². The average Bonchev–Trinajstić information content (AvgIpc) is 3.30. The molecule has 0 radical (unpaired) electrons. The van der Waals surface area contributed by atoms with Crippen molar-refractivity contribution < 1.29 is 18.7 Å². The van der Waals surface area contributed by atoms with Gasteiger partial charge >= 0.3 is 0 Å². The molecule has 0 spiro atoms. The summed E-state index contributed by atoms with van der Waals surface area (Å²) in [5.74, 6) is -0.0670. The fourth-order valence-corrected chi connectivity index (χ4v) is 5.20. The van der Waals surface area contributed by atoms with Gasteiger partial charge in [-0.05, 0) is 87.5 Å². The molecule has 184 valence electrons. The molecule has 2 heterocycles. The maximum atomic E-state index is 13.7. The van der Waals surface area contributed by atoms with E-state index < -0.39 is 5.54 Å². The maximum Gasteiger partial charge on any atom is 0.254 e. The van der Waals surface area contributed by atoms with E-state index in [4.69, 9.17) is 4.74 Å². The Morgan fingerprint density at radius 1 is 1.09 bits per heavy atom.